The number of nitrogens with one attached hydrogen (secondary N) is 1. The molecule has 0 radical (unpaired) electrons. The van der Waals surface area contributed by atoms with E-state index in [4.69, 9.17) is 44.1 Å². The van der Waals surface area contributed by atoms with Crippen molar-refractivity contribution in [2.75, 3.05) is 11.9 Å². The number of benzene rings is 2. The van der Waals surface area contributed by atoms with E-state index in [1.807, 2.05) is 0 Å². The summed E-state index contributed by atoms with van der Waals surface area (Å²) in [6.45, 7) is 1.18. The lowest BCUT2D eigenvalue weighted by Gasteiger charge is -2.12. The van der Waals surface area contributed by atoms with Crippen molar-refractivity contribution in [2.24, 2.45) is 0 Å². The number of nitrogens with zero attached hydrogens (tertiary/aromatic N) is 2. The second-order valence-corrected chi connectivity index (χ2v) is 7.91. The van der Waals surface area contributed by atoms with Crippen LogP contribution in [0.25, 0.3) is 22.2 Å². The van der Waals surface area contributed by atoms with Gasteiger partial charge in [-0.25, -0.2) is 9.78 Å². The molecule has 32 heavy (non-hydrogen) atoms. The van der Waals surface area contributed by atoms with Crippen LogP contribution >= 0.6 is 34.8 Å². The average Bonchev–Trinajstić information content (AvgIpc) is 3.19. The van der Waals surface area contributed by atoms with Gasteiger partial charge in [-0.2, -0.15) is 0 Å². The molecule has 1 N–H and O–H groups in total. The Morgan fingerprint density at radius 2 is 1.84 bits per heavy atom. The standard InChI is InChI=1S/C22H14Cl3N3O4/c1-11-8-18(28-32-11)27-19(29)10-31-22(30)14-9-17(26-16-5-3-2-4-12(14)16)13-6-7-15(23)21(25)20(13)24/h2-9H,10H2,1H3,(H,27,28,29). The van der Waals surface area contributed by atoms with Crippen LogP contribution < -0.4 is 5.32 Å². The Morgan fingerprint density at radius 1 is 1.06 bits per heavy atom. The van der Waals surface area contributed by atoms with Gasteiger partial charge in [0, 0.05) is 17.0 Å². The minimum absolute atomic E-state index is 0.185. The van der Waals surface area contributed by atoms with Gasteiger partial charge in [0.2, 0.25) is 0 Å². The first-order valence-corrected chi connectivity index (χ1v) is 10.4. The molecule has 0 aliphatic heterocycles. The number of hydrogen-bond donors (Lipinski definition) is 1. The molecule has 0 spiro atoms. The number of aryl methyl sites for hydroxylation is 1. The Balaban J connectivity index is 1.63. The molecule has 2 aromatic carbocycles. The number of carbonyl (C=O) groups excluding carboxylic acids is 2. The number of esters is 1. The molecule has 0 saturated carbocycles. The van der Waals surface area contributed by atoms with Crippen LogP contribution in [0.15, 0.2) is 53.1 Å². The first-order valence-electron chi connectivity index (χ1n) is 9.27. The van der Waals surface area contributed by atoms with Crippen molar-refractivity contribution in [1.29, 1.82) is 0 Å². The van der Waals surface area contributed by atoms with Gasteiger partial charge in [0.25, 0.3) is 5.91 Å². The summed E-state index contributed by atoms with van der Waals surface area (Å²) in [5, 5.41) is 7.40. The fourth-order valence-corrected chi connectivity index (χ4v) is 3.65. The number of hydrogen-bond acceptors (Lipinski definition) is 6. The zero-order valence-corrected chi connectivity index (χ0v) is 18.8. The molecule has 1 amide bonds. The Hall–Kier alpha value is -3.13. The van der Waals surface area contributed by atoms with Crippen LogP contribution in [0, 0.1) is 6.92 Å². The third-order valence-electron chi connectivity index (χ3n) is 4.48. The van der Waals surface area contributed by atoms with E-state index >= 15 is 0 Å². The van der Waals surface area contributed by atoms with Gasteiger partial charge in [0.05, 0.1) is 31.8 Å². The second kappa shape index (κ2) is 9.16. The molecule has 0 aliphatic carbocycles. The Kier molecular flexibility index (Phi) is 6.32. The smallest absolute Gasteiger partial charge is 0.339 e. The molecule has 0 bridgehead atoms. The maximum Gasteiger partial charge on any atom is 0.339 e. The molecule has 0 unspecified atom stereocenters. The van der Waals surface area contributed by atoms with E-state index in [1.165, 1.54) is 6.07 Å². The highest BCUT2D eigenvalue weighted by Gasteiger charge is 2.19. The number of ether oxygens (including phenoxy) is 1. The van der Waals surface area contributed by atoms with Gasteiger partial charge in [-0.3, -0.25) is 4.79 Å². The Labute approximate surface area is 197 Å². The number of fused-ring (bicyclic) bond motifs is 1. The molecule has 0 fully saturated rings. The fourth-order valence-electron chi connectivity index (χ4n) is 3.02. The van der Waals surface area contributed by atoms with Gasteiger partial charge >= 0.3 is 5.97 Å². The molecule has 2 aromatic heterocycles. The van der Waals surface area contributed by atoms with Crippen molar-refractivity contribution in [3.05, 3.63) is 74.9 Å². The lowest BCUT2D eigenvalue weighted by Crippen LogP contribution is -2.21. The van der Waals surface area contributed by atoms with Gasteiger partial charge in [-0.15, -0.1) is 0 Å². The van der Waals surface area contributed by atoms with Crippen LogP contribution in [0.3, 0.4) is 0 Å². The van der Waals surface area contributed by atoms with Crippen molar-refractivity contribution < 1.29 is 18.8 Å². The Morgan fingerprint density at radius 3 is 2.59 bits per heavy atom. The van der Waals surface area contributed by atoms with Crippen molar-refractivity contribution in [3.8, 4) is 11.3 Å². The van der Waals surface area contributed by atoms with Crippen LogP contribution in [-0.2, 0) is 9.53 Å². The number of anilines is 1. The maximum atomic E-state index is 12.9. The van der Waals surface area contributed by atoms with Gasteiger partial charge in [-0.1, -0.05) is 58.2 Å². The number of rotatable bonds is 5. The predicted octanol–water partition coefficient (Wildman–Crippen LogP) is 5.95. The summed E-state index contributed by atoms with van der Waals surface area (Å²) < 4.78 is 10.1. The highest BCUT2D eigenvalue weighted by molar-refractivity contribution is 6.49. The monoisotopic (exact) mass is 489 g/mol. The van der Waals surface area contributed by atoms with Crippen molar-refractivity contribution >= 4 is 63.4 Å². The molecule has 0 saturated heterocycles. The fraction of sp³-hybridized carbons (Fsp3) is 0.0909. The lowest BCUT2D eigenvalue weighted by molar-refractivity contribution is -0.119. The normalized spacial score (nSPS) is 10.9. The number of halogens is 3. The Bertz CT molecular complexity index is 1350. The van der Waals surface area contributed by atoms with Gasteiger partial charge in [0.1, 0.15) is 5.76 Å². The van der Waals surface area contributed by atoms with Crippen LogP contribution in [0.4, 0.5) is 5.82 Å². The molecule has 162 valence electrons. The zero-order chi connectivity index (χ0) is 22.8. The van der Waals surface area contributed by atoms with Crippen LogP contribution in [-0.4, -0.2) is 28.6 Å². The second-order valence-electron chi connectivity index (χ2n) is 6.74. The molecule has 0 aliphatic rings. The highest BCUT2D eigenvalue weighted by atomic mass is 35.5. The van der Waals surface area contributed by atoms with Gasteiger partial charge in [-0.05, 0) is 31.2 Å². The van der Waals surface area contributed by atoms with E-state index in [0.29, 0.717) is 32.9 Å². The first kappa shape index (κ1) is 22.1. The summed E-state index contributed by atoms with van der Waals surface area (Å²) in [5.74, 6) is -0.492. The topological polar surface area (TPSA) is 94.3 Å². The van der Waals surface area contributed by atoms with E-state index in [-0.39, 0.29) is 21.4 Å². The summed E-state index contributed by atoms with van der Waals surface area (Å²) in [4.78, 5) is 29.5. The van der Waals surface area contributed by atoms with Crippen LogP contribution in [0.1, 0.15) is 16.1 Å². The maximum absolute atomic E-state index is 12.9. The number of carbonyl (C=O) groups is 2. The summed E-state index contributed by atoms with van der Waals surface area (Å²) in [6, 6.07) is 13.4. The molecule has 2 heterocycles. The molecule has 0 atom stereocenters. The third kappa shape index (κ3) is 4.55. The predicted molar refractivity (Wildman–Crippen MR) is 122 cm³/mol. The average molecular weight is 491 g/mol. The largest absolute Gasteiger partial charge is 0.452 e. The van der Waals surface area contributed by atoms with E-state index in [1.54, 1.807) is 49.4 Å². The minimum atomic E-state index is -0.701. The summed E-state index contributed by atoms with van der Waals surface area (Å²) in [5.41, 5.74) is 1.67. The van der Waals surface area contributed by atoms with Gasteiger partial charge < -0.3 is 14.6 Å². The third-order valence-corrected chi connectivity index (χ3v) is 5.77. The molecule has 4 aromatic rings. The minimum Gasteiger partial charge on any atom is -0.452 e. The quantitative estimate of drug-likeness (QED) is 0.274. The number of aromatic nitrogens is 2. The van der Waals surface area contributed by atoms with E-state index in [9.17, 15) is 9.59 Å². The number of para-hydroxylation sites is 1. The van der Waals surface area contributed by atoms with Crippen LogP contribution in [0.2, 0.25) is 15.1 Å². The summed E-state index contributed by atoms with van der Waals surface area (Å²) in [6.07, 6.45) is 0. The SMILES string of the molecule is Cc1cc(NC(=O)COC(=O)c2cc(-c3ccc(Cl)c(Cl)c3Cl)nc3ccccc23)no1. The van der Waals surface area contributed by atoms with E-state index in [0.717, 1.165) is 0 Å². The van der Waals surface area contributed by atoms with E-state index < -0.39 is 18.5 Å². The molecule has 10 heteroatoms. The molecular formula is C22H14Cl3N3O4. The highest BCUT2D eigenvalue weighted by Crippen LogP contribution is 2.38. The first-order chi connectivity index (χ1) is 15.3. The van der Waals surface area contributed by atoms with E-state index in [2.05, 4.69) is 15.5 Å². The van der Waals surface area contributed by atoms with Crippen LogP contribution in [0.5, 0.6) is 0 Å². The summed E-state index contributed by atoms with van der Waals surface area (Å²) in [7, 11) is 0. The molecule has 7 nitrogen and oxygen atoms in total. The van der Waals surface area contributed by atoms with Crippen molar-refractivity contribution in [3.63, 3.8) is 0 Å². The lowest BCUT2D eigenvalue weighted by atomic mass is 10.0. The molecule has 4 rings (SSSR count). The zero-order valence-electron chi connectivity index (χ0n) is 16.5. The summed E-state index contributed by atoms with van der Waals surface area (Å²) >= 11 is 18.5. The van der Waals surface area contributed by atoms with Crippen molar-refractivity contribution in [2.45, 2.75) is 6.92 Å². The van der Waals surface area contributed by atoms with Crippen molar-refractivity contribution in [1.82, 2.24) is 10.1 Å². The number of pyridine rings is 1. The number of amides is 1. The molecular weight excluding hydrogens is 477 g/mol. The van der Waals surface area contributed by atoms with Gasteiger partial charge in [0.15, 0.2) is 12.4 Å².